The molecule has 2 fully saturated rings. The molecule has 2 aliphatic heterocycles. The maximum atomic E-state index is 5.31. The number of fused-ring (bicyclic) bond motifs is 1. The molecule has 1 saturated carbocycles. The topological polar surface area (TPSA) is 67.3 Å². The van der Waals surface area contributed by atoms with Crippen molar-refractivity contribution in [2.45, 2.75) is 49.9 Å². The molecule has 0 atom stereocenters. The quantitative estimate of drug-likeness (QED) is 0.762. The van der Waals surface area contributed by atoms with Gasteiger partial charge in [0, 0.05) is 43.4 Å². The molecule has 0 unspecified atom stereocenters. The molecule has 5 rings (SSSR count). The molecule has 2 aromatic heterocycles. The molecular weight excluding hydrogens is 372 g/mol. The molecule has 8 heteroatoms. The Kier molecular flexibility index (Phi) is 4.96. The van der Waals surface area contributed by atoms with Crippen LogP contribution >= 0.6 is 11.8 Å². The summed E-state index contributed by atoms with van der Waals surface area (Å²) in [6, 6.07) is 5.35. The SMILES string of the molecule is COc1cc(N(C2CC2)C2CCN(c3cc4c(nn3)CCSC4)CC2)ncn1. The van der Waals surface area contributed by atoms with Crippen molar-refractivity contribution < 1.29 is 4.74 Å². The lowest BCUT2D eigenvalue weighted by molar-refractivity contribution is 0.395. The van der Waals surface area contributed by atoms with Crippen LogP contribution in [0.2, 0.25) is 0 Å². The largest absolute Gasteiger partial charge is 0.481 e. The summed E-state index contributed by atoms with van der Waals surface area (Å²) < 4.78 is 5.31. The van der Waals surface area contributed by atoms with Gasteiger partial charge in [-0.05, 0) is 43.1 Å². The van der Waals surface area contributed by atoms with Crippen molar-refractivity contribution in [1.29, 1.82) is 0 Å². The molecular formula is C20H26N6OS. The fourth-order valence-corrected chi connectivity index (χ4v) is 5.22. The summed E-state index contributed by atoms with van der Waals surface area (Å²) in [6.07, 6.45) is 7.38. The number of anilines is 2. The van der Waals surface area contributed by atoms with E-state index in [9.17, 15) is 0 Å². The first-order valence-electron chi connectivity index (χ1n) is 10.1. The average molecular weight is 399 g/mol. The highest BCUT2D eigenvalue weighted by Gasteiger charge is 2.37. The lowest BCUT2D eigenvalue weighted by Gasteiger charge is -2.39. The minimum Gasteiger partial charge on any atom is -0.481 e. The third kappa shape index (κ3) is 3.62. The van der Waals surface area contributed by atoms with Crippen LogP contribution in [0.5, 0.6) is 5.88 Å². The van der Waals surface area contributed by atoms with Gasteiger partial charge in [0.2, 0.25) is 5.88 Å². The minimum absolute atomic E-state index is 0.504. The smallest absolute Gasteiger partial charge is 0.218 e. The van der Waals surface area contributed by atoms with Gasteiger partial charge in [-0.25, -0.2) is 9.97 Å². The van der Waals surface area contributed by atoms with E-state index in [-0.39, 0.29) is 0 Å². The Bertz CT molecular complexity index is 837. The van der Waals surface area contributed by atoms with E-state index in [2.05, 4.69) is 36.0 Å². The molecule has 0 aromatic carbocycles. The predicted molar refractivity (Wildman–Crippen MR) is 111 cm³/mol. The fourth-order valence-electron chi connectivity index (χ4n) is 4.27. The summed E-state index contributed by atoms with van der Waals surface area (Å²) in [7, 11) is 1.66. The standard InChI is InChI=1S/C20H26N6OS/c1-27-20-11-18(21-13-22-20)26(15-2-3-15)16-4-7-25(8-5-16)19-10-14-12-28-9-6-17(14)23-24-19/h10-11,13,15-16H,2-9,12H2,1H3. The zero-order valence-corrected chi connectivity index (χ0v) is 17.1. The van der Waals surface area contributed by atoms with Crippen molar-refractivity contribution >= 4 is 23.4 Å². The van der Waals surface area contributed by atoms with E-state index in [0.717, 1.165) is 55.5 Å². The molecule has 148 valence electrons. The van der Waals surface area contributed by atoms with Crippen LogP contribution in [0.3, 0.4) is 0 Å². The molecule has 2 aromatic rings. The Morgan fingerprint density at radius 3 is 2.68 bits per heavy atom. The summed E-state index contributed by atoms with van der Waals surface area (Å²) in [5, 5.41) is 9.04. The first kappa shape index (κ1) is 18.0. The van der Waals surface area contributed by atoms with Gasteiger partial charge >= 0.3 is 0 Å². The van der Waals surface area contributed by atoms with Crippen molar-refractivity contribution in [3.63, 3.8) is 0 Å². The molecule has 0 radical (unpaired) electrons. The molecule has 7 nitrogen and oxygen atoms in total. The van der Waals surface area contributed by atoms with Gasteiger partial charge in [-0.2, -0.15) is 16.9 Å². The number of thioether (sulfide) groups is 1. The maximum Gasteiger partial charge on any atom is 0.218 e. The number of hydrogen-bond donors (Lipinski definition) is 0. The predicted octanol–water partition coefficient (Wildman–Crippen LogP) is 2.70. The summed E-state index contributed by atoms with van der Waals surface area (Å²) in [4.78, 5) is 13.6. The zero-order valence-electron chi connectivity index (χ0n) is 16.3. The van der Waals surface area contributed by atoms with Crippen LogP contribution in [0.1, 0.15) is 36.9 Å². The Balaban J connectivity index is 1.29. The number of piperidine rings is 1. The van der Waals surface area contributed by atoms with Crippen molar-refractivity contribution in [1.82, 2.24) is 20.2 Å². The van der Waals surface area contributed by atoms with Crippen molar-refractivity contribution in [3.05, 3.63) is 29.7 Å². The van der Waals surface area contributed by atoms with E-state index in [4.69, 9.17) is 4.74 Å². The van der Waals surface area contributed by atoms with Crippen molar-refractivity contribution in [3.8, 4) is 5.88 Å². The molecule has 0 spiro atoms. The molecule has 0 amide bonds. The average Bonchev–Trinajstić information content (AvgIpc) is 3.59. The number of aryl methyl sites for hydroxylation is 1. The van der Waals surface area contributed by atoms with Gasteiger partial charge in [0.15, 0.2) is 5.82 Å². The molecule has 0 N–H and O–H groups in total. The van der Waals surface area contributed by atoms with Gasteiger partial charge in [-0.15, -0.1) is 5.10 Å². The Hall–Kier alpha value is -2.09. The third-order valence-corrected chi connectivity index (χ3v) is 6.92. The van der Waals surface area contributed by atoms with Crippen LogP contribution in [0.4, 0.5) is 11.6 Å². The summed E-state index contributed by atoms with van der Waals surface area (Å²) >= 11 is 1.99. The molecule has 3 aliphatic rings. The number of aromatic nitrogens is 4. The maximum absolute atomic E-state index is 5.31. The van der Waals surface area contributed by atoms with E-state index in [0.29, 0.717) is 18.0 Å². The highest BCUT2D eigenvalue weighted by atomic mass is 32.2. The van der Waals surface area contributed by atoms with Gasteiger partial charge in [0.05, 0.1) is 12.8 Å². The first-order chi connectivity index (χ1) is 13.8. The van der Waals surface area contributed by atoms with E-state index in [1.807, 2.05) is 17.8 Å². The van der Waals surface area contributed by atoms with E-state index < -0.39 is 0 Å². The van der Waals surface area contributed by atoms with Crippen LogP contribution < -0.4 is 14.5 Å². The summed E-state index contributed by atoms with van der Waals surface area (Å²) in [5.74, 6) is 4.91. The summed E-state index contributed by atoms with van der Waals surface area (Å²) in [5.41, 5.74) is 2.56. The van der Waals surface area contributed by atoms with Gasteiger partial charge in [0.1, 0.15) is 12.1 Å². The molecule has 4 heterocycles. The molecule has 28 heavy (non-hydrogen) atoms. The number of hydrogen-bond acceptors (Lipinski definition) is 8. The van der Waals surface area contributed by atoms with Gasteiger partial charge in [-0.3, -0.25) is 0 Å². The van der Waals surface area contributed by atoms with E-state index in [1.54, 1.807) is 13.4 Å². The zero-order chi connectivity index (χ0) is 18.9. The number of rotatable bonds is 5. The summed E-state index contributed by atoms with van der Waals surface area (Å²) in [6.45, 7) is 2.02. The number of nitrogens with zero attached hydrogens (tertiary/aromatic N) is 6. The molecule has 1 aliphatic carbocycles. The van der Waals surface area contributed by atoms with Gasteiger partial charge < -0.3 is 14.5 Å². The highest BCUT2D eigenvalue weighted by Crippen LogP contribution is 2.36. The number of ether oxygens (including phenoxy) is 1. The van der Waals surface area contributed by atoms with Crippen molar-refractivity contribution in [2.75, 3.05) is 35.8 Å². The highest BCUT2D eigenvalue weighted by molar-refractivity contribution is 7.98. The second-order valence-electron chi connectivity index (χ2n) is 7.75. The Morgan fingerprint density at radius 1 is 1.07 bits per heavy atom. The monoisotopic (exact) mass is 398 g/mol. The fraction of sp³-hybridized carbons (Fsp3) is 0.600. The van der Waals surface area contributed by atoms with Crippen LogP contribution in [-0.4, -0.2) is 58.2 Å². The van der Waals surface area contributed by atoms with Gasteiger partial charge in [-0.1, -0.05) is 0 Å². The second-order valence-corrected chi connectivity index (χ2v) is 8.86. The Labute approximate surface area is 169 Å². The molecule has 1 saturated heterocycles. The lowest BCUT2D eigenvalue weighted by Crippen LogP contribution is -2.46. The van der Waals surface area contributed by atoms with E-state index in [1.165, 1.54) is 24.1 Å². The number of methoxy groups -OCH3 is 1. The normalized spacial score (nSPS) is 20.0. The lowest BCUT2D eigenvalue weighted by atomic mass is 10.0. The van der Waals surface area contributed by atoms with Crippen LogP contribution in [0, 0.1) is 0 Å². The first-order valence-corrected chi connectivity index (χ1v) is 11.3. The second kappa shape index (κ2) is 7.73. The molecule has 0 bridgehead atoms. The van der Waals surface area contributed by atoms with E-state index >= 15 is 0 Å². The third-order valence-electron chi connectivity index (χ3n) is 5.91. The minimum atomic E-state index is 0.504. The van der Waals surface area contributed by atoms with Crippen LogP contribution in [0.15, 0.2) is 18.5 Å². The van der Waals surface area contributed by atoms with Crippen LogP contribution in [0.25, 0.3) is 0 Å². The van der Waals surface area contributed by atoms with Gasteiger partial charge in [0.25, 0.3) is 0 Å². The van der Waals surface area contributed by atoms with Crippen molar-refractivity contribution in [2.24, 2.45) is 0 Å². The Morgan fingerprint density at radius 2 is 1.89 bits per heavy atom. The van der Waals surface area contributed by atoms with Crippen LogP contribution in [-0.2, 0) is 12.2 Å².